The number of piperazine rings is 1. The molecule has 4 aliphatic rings. The summed E-state index contributed by atoms with van der Waals surface area (Å²) in [6.45, 7) is 15.7. The maximum atomic E-state index is 14.7. The number of nitrogens with one attached hydrogen (secondary N) is 2. The Morgan fingerprint density at radius 1 is 0.973 bits per heavy atom. The van der Waals surface area contributed by atoms with Crippen LogP contribution in [0.15, 0.2) is 41.9 Å². The number of hydrogen-bond donors (Lipinski definition) is 2. The fourth-order valence-corrected chi connectivity index (χ4v) is 11.5. The van der Waals surface area contributed by atoms with Crippen molar-refractivity contribution in [3.8, 4) is 22.5 Å². The van der Waals surface area contributed by atoms with Crippen molar-refractivity contribution >= 4 is 119 Å². The van der Waals surface area contributed by atoms with Crippen molar-refractivity contribution in [1.82, 2.24) is 49.9 Å². The molecule has 3 aromatic heterocycles. The molecule has 0 spiro atoms. The number of hydrazine groups is 1. The van der Waals surface area contributed by atoms with Gasteiger partial charge in [-0.05, 0) is 95.3 Å². The van der Waals surface area contributed by atoms with Gasteiger partial charge in [0.15, 0.2) is 0 Å². The summed E-state index contributed by atoms with van der Waals surface area (Å²) in [6.07, 6.45) is 5.04. The Bertz CT molecular complexity index is 2570. The summed E-state index contributed by atoms with van der Waals surface area (Å²) in [7, 11) is 5.29. The number of fused-ring (bicyclic) bond motifs is 6. The molecule has 8 rings (SSSR count). The number of rotatable bonds is 9. The van der Waals surface area contributed by atoms with Crippen LogP contribution in [0.25, 0.3) is 33.4 Å². The molecule has 4 aliphatic heterocycles. The van der Waals surface area contributed by atoms with E-state index in [-0.39, 0.29) is 111 Å². The summed E-state index contributed by atoms with van der Waals surface area (Å²) >= 11 is 1.41. The van der Waals surface area contributed by atoms with Crippen LogP contribution in [0.1, 0.15) is 89.6 Å². The van der Waals surface area contributed by atoms with E-state index in [4.69, 9.17) is 19.4 Å². The van der Waals surface area contributed by atoms with Crippen LogP contribution in [0.3, 0.4) is 0 Å². The number of ether oxygens (including phenoxy) is 2. The Morgan fingerprint density at radius 3 is 2.31 bits per heavy atom. The Hall–Kier alpha value is -3.68. The van der Waals surface area contributed by atoms with Gasteiger partial charge in [-0.15, -0.1) is 11.3 Å². The number of thiazole rings is 1. The fraction of sp³-hybridized carbons (Fsp3) is 0.588. The van der Waals surface area contributed by atoms with Crippen LogP contribution in [-0.4, -0.2) is 160 Å². The van der Waals surface area contributed by atoms with Gasteiger partial charge in [-0.25, -0.2) is 15.2 Å². The van der Waals surface area contributed by atoms with Gasteiger partial charge >= 0.3 is 12.0 Å². The zero-order valence-corrected chi connectivity index (χ0v) is 50.1. The highest BCUT2D eigenvalue weighted by molar-refractivity contribution is 7.60. The fourth-order valence-electron chi connectivity index (χ4n) is 10.6. The Labute approximate surface area is 475 Å². The first kappa shape index (κ1) is 64.6. The maximum Gasteiger partial charge on any atom is 0.324 e. The SMILES string of the molecule is CCn1c(-c2cccnc2[C@H](C)OC)c2c3cc(ccc31)-c1csc(n1)C[C@H](NC(=O)[C@H](C(C)C)N(C)C(=O)N1CCN(C(=O)[C@@H]3CCCN3C)CC1)C(=O)N1CCC[C@H](N1)C(=O)OCC(C)(C)C2.S.S.S.S.S. The maximum absolute atomic E-state index is 14.7. The van der Waals surface area contributed by atoms with Crippen molar-refractivity contribution in [2.75, 3.05) is 67.1 Å². The number of likely N-dealkylation sites (N-methyl/N-ethyl adjacent to an activating group) is 2. The normalized spacial score (nSPS) is 20.8. The van der Waals surface area contributed by atoms with Gasteiger partial charge in [0.25, 0.3) is 5.91 Å². The monoisotopic (exact) mass is 1140 g/mol. The molecule has 1 aromatic carbocycles. The summed E-state index contributed by atoms with van der Waals surface area (Å²) < 4.78 is 14.3. The number of carbonyl (C=O) groups excluding carboxylic acids is 5. The molecule has 0 saturated carbocycles. The van der Waals surface area contributed by atoms with E-state index in [0.717, 1.165) is 64.1 Å². The van der Waals surface area contributed by atoms with Crippen molar-refractivity contribution in [2.24, 2.45) is 11.3 Å². The number of carbonyl (C=O) groups is 5. The minimum Gasteiger partial charge on any atom is -0.464 e. The topological polar surface area (TPSA) is 175 Å². The molecule has 3 fully saturated rings. The van der Waals surface area contributed by atoms with E-state index in [1.807, 2.05) is 44.2 Å². The Morgan fingerprint density at radius 2 is 1.66 bits per heavy atom. The highest BCUT2D eigenvalue weighted by Gasteiger charge is 2.40. The molecule has 2 N–H and O–H groups in total. The quantitative estimate of drug-likeness (QED) is 0.186. The average molecular weight is 1140 g/mol. The predicted molar refractivity (Wildman–Crippen MR) is 317 cm³/mol. The van der Waals surface area contributed by atoms with Gasteiger partial charge in [0, 0.05) is 98.9 Å². The van der Waals surface area contributed by atoms with E-state index in [9.17, 15) is 24.0 Å². The number of methoxy groups -OCH3 is 1. The zero-order chi connectivity index (χ0) is 49.3. The van der Waals surface area contributed by atoms with Gasteiger partial charge in [0.05, 0.1) is 40.8 Å². The van der Waals surface area contributed by atoms with Crippen molar-refractivity contribution in [1.29, 1.82) is 0 Å². The van der Waals surface area contributed by atoms with Gasteiger partial charge in [-0.2, -0.15) is 67.5 Å². The van der Waals surface area contributed by atoms with E-state index in [0.29, 0.717) is 63.5 Å². The molecule has 5 atom stereocenters. The number of benzene rings is 1. The number of aryl methyl sites for hydroxylation is 1. The number of hydrogen-bond acceptors (Lipinski definition) is 12. The third kappa shape index (κ3) is 13.7. The lowest BCUT2D eigenvalue weighted by atomic mass is 9.84. The van der Waals surface area contributed by atoms with E-state index in [1.54, 1.807) is 25.3 Å². The van der Waals surface area contributed by atoms with Crippen molar-refractivity contribution in [2.45, 2.75) is 117 Å². The molecular weight excluding hydrogens is 1060 g/mol. The summed E-state index contributed by atoms with van der Waals surface area (Å²) in [6, 6.07) is 7.21. The van der Waals surface area contributed by atoms with E-state index < -0.39 is 41.3 Å². The molecule has 0 unspecified atom stereocenters. The molecule has 17 nitrogen and oxygen atoms in total. The Balaban J connectivity index is 0.00000289. The predicted octanol–water partition coefficient (Wildman–Crippen LogP) is 6.08. The first-order chi connectivity index (χ1) is 33.0. The van der Waals surface area contributed by atoms with Crippen LogP contribution < -0.4 is 10.7 Å². The number of nitrogens with zero attached hydrogens (tertiary/aromatic N) is 8. The molecule has 23 heteroatoms. The number of aromatic nitrogens is 3. The highest BCUT2D eigenvalue weighted by Crippen LogP contribution is 2.42. The van der Waals surface area contributed by atoms with E-state index >= 15 is 0 Å². The van der Waals surface area contributed by atoms with Crippen LogP contribution in [0.4, 0.5) is 4.79 Å². The molecule has 5 amide bonds. The minimum absolute atomic E-state index is 0. The molecule has 0 radical (unpaired) electrons. The zero-order valence-electron chi connectivity index (χ0n) is 44.2. The number of likely N-dealkylation sites (tertiary alicyclic amines) is 1. The highest BCUT2D eigenvalue weighted by atomic mass is 32.1. The summed E-state index contributed by atoms with van der Waals surface area (Å²) in [4.78, 5) is 87.6. The number of pyridine rings is 1. The standard InChI is InChI=1S/C51H70N10O7S.5H2S/c1-10-60-40-18-17-33-26-35(40)36(45(60)34-14-11-19-52-43(34)32(4)67-9)28-51(5,6)30-68-49(65)37-15-12-21-61(55-37)47(63)38(27-42-53-39(33)29-69-42)54-46(62)44(31(2)3)57(8)50(66)59-24-22-58(23-25-59)48(64)41-16-13-20-56(41)7;;;;;/h11,14,17-19,26,29,31-32,37-38,41,44,55H,10,12-13,15-16,20-25,27-28,30H2,1-9H3,(H,54,62);5*1H2/t32-,37-,38-,41-,44-;;;;;/m0...../s1. The van der Waals surface area contributed by atoms with Gasteiger partial charge in [-0.1, -0.05) is 33.8 Å². The van der Waals surface area contributed by atoms with Crippen LogP contribution in [-0.2, 0) is 48.0 Å². The van der Waals surface area contributed by atoms with Gasteiger partial charge < -0.3 is 34.1 Å². The third-order valence-electron chi connectivity index (χ3n) is 14.4. The number of cyclic esters (lactones) is 1. The molecule has 6 bridgehead atoms. The molecule has 412 valence electrons. The summed E-state index contributed by atoms with van der Waals surface area (Å²) in [5, 5.41) is 8.16. The number of esters is 1. The van der Waals surface area contributed by atoms with Crippen LogP contribution in [0, 0.1) is 11.3 Å². The second-order valence-corrected chi connectivity index (χ2v) is 21.2. The van der Waals surface area contributed by atoms with Crippen LogP contribution in [0.2, 0.25) is 0 Å². The molecule has 3 saturated heterocycles. The minimum atomic E-state index is -1.08. The average Bonchev–Trinajstić information content (AvgIpc) is 4.08. The lowest BCUT2D eigenvalue weighted by Gasteiger charge is -2.40. The lowest BCUT2D eigenvalue weighted by Crippen LogP contribution is -2.63. The van der Waals surface area contributed by atoms with E-state index in [1.165, 1.54) is 21.2 Å². The van der Waals surface area contributed by atoms with Crippen LogP contribution >= 0.6 is 78.8 Å². The summed E-state index contributed by atoms with van der Waals surface area (Å²) in [5.41, 5.74) is 9.30. The smallest absolute Gasteiger partial charge is 0.324 e. The first-order valence-corrected chi connectivity index (χ1v) is 25.5. The molecule has 4 aromatic rings. The number of amides is 5. The summed E-state index contributed by atoms with van der Waals surface area (Å²) in [5.74, 6) is -1.55. The second-order valence-electron chi connectivity index (χ2n) is 20.3. The molecular formula is C51H80N10O7S6. The van der Waals surface area contributed by atoms with Crippen molar-refractivity contribution in [3.63, 3.8) is 0 Å². The number of urea groups is 1. The van der Waals surface area contributed by atoms with Crippen molar-refractivity contribution < 1.29 is 33.4 Å². The van der Waals surface area contributed by atoms with E-state index in [2.05, 4.69) is 65.2 Å². The second kappa shape index (κ2) is 27.6. The van der Waals surface area contributed by atoms with Gasteiger partial charge in [-0.3, -0.25) is 34.1 Å². The first-order valence-electron chi connectivity index (χ1n) is 24.6. The van der Waals surface area contributed by atoms with Gasteiger partial charge in [0.2, 0.25) is 11.8 Å². The third-order valence-corrected chi connectivity index (χ3v) is 15.3. The van der Waals surface area contributed by atoms with Crippen LogP contribution in [0.5, 0.6) is 0 Å². The molecule has 0 aliphatic carbocycles. The largest absolute Gasteiger partial charge is 0.464 e. The van der Waals surface area contributed by atoms with Crippen molar-refractivity contribution in [3.05, 3.63) is 58.2 Å². The lowest BCUT2D eigenvalue weighted by molar-refractivity contribution is -0.155. The molecule has 7 heterocycles. The Kier molecular flexibility index (Phi) is 24.1. The molecule has 74 heavy (non-hydrogen) atoms. The van der Waals surface area contributed by atoms with Gasteiger partial charge in [0.1, 0.15) is 18.1 Å².